The maximum Gasteiger partial charge on any atom is 0.318 e. The molecule has 9 heteroatoms. The minimum atomic E-state index is -1.27. The predicted molar refractivity (Wildman–Crippen MR) is 92.5 cm³/mol. The third-order valence-corrected chi connectivity index (χ3v) is 4.99. The minimum absolute atomic E-state index is 0.0921. The molecule has 148 valence electrons. The molecule has 1 unspecified atom stereocenters. The Morgan fingerprint density at radius 3 is 2.48 bits per heavy atom. The summed E-state index contributed by atoms with van der Waals surface area (Å²) in [4.78, 5) is 28.0. The molecule has 3 rings (SSSR count). The van der Waals surface area contributed by atoms with Crippen molar-refractivity contribution < 1.29 is 22.8 Å². The molecule has 0 aromatic heterocycles. The van der Waals surface area contributed by atoms with E-state index < -0.39 is 17.5 Å². The van der Waals surface area contributed by atoms with Crippen molar-refractivity contribution in [2.24, 2.45) is 0 Å². The van der Waals surface area contributed by atoms with Gasteiger partial charge in [-0.15, -0.1) is 0 Å². The lowest BCUT2D eigenvalue weighted by Crippen LogP contribution is -2.56. The van der Waals surface area contributed by atoms with Crippen LogP contribution < -0.4 is 10.6 Å². The highest BCUT2D eigenvalue weighted by molar-refractivity contribution is 5.76. The van der Waals surface area contributed by atoms with Gasteiger partial charge in [-0.1, -0.05) is 0 Å². The van der Waals surface area contributed by atoms with Gasteiger partial charge in [-0.05, 0) is 31.7 Å². The lowest BCUT2D eigenvalue weighted by atomic mass is 10.0. The van der Waals surface area contributed by atoms with E-state index in [4.69, 9.17) is 0 Å². The van der Waals surface area contributed by atoms with Crippen LogP contribution in [0.1, 0.15) is 31.2 Å². The fourth-order valence-corrected chi connectivity index (χ4v) is 3.47. The number of halogens is 3. The summed E-state index contributed by atoms with van der Waals surface area (Å²) in [5.74, 6) is -3.33. The van der Waals surface area contributed by atoms with Gasteiger partial charge in [-0.2, -0.15) is 0 Å². The van der Waals surface area contributed by atoms with E-state index >= 15 is 0 Å². The van der Waals surface area contributed by atoms with Crippen LogP contribution in [-0.4, -0.2) is 54.1 Å². The predicted octanol–water partition coefficient (Wildman–Crippen LogP) is 2.58. The molecule has 1 aromatic rings. The second kappa shape index (κ2) is 8.06. The van der Waals surface area contributed by atoms with Crippen LogP contribution >= 0.6 is 0 Å². The summed E-state index contributed by atoms with van der Waals surface area (Å²) in [6.07, 6.45) is 3.32. The van der Waals surface area contributed by atoms with Crippen molar-refractivity contribution in [1.29, 1.82) is 0 Å². The second-order valence-electron chi connectivity index (χ2n) is 6.95. The molecular weight excluding hydrogens is 361 g/mol. The van der Waals surface area contributed by atoms with E-state index in [1.807, 2.05) is 0 Å². The van der Waals surface area contributed by atoms with Crippen molar-refractivity contribution in [3.05, 3.63) is 35.1 Å². The number of likely N-dealkylation sites (tertiary alicyclic amines) is 1. The molecular formula is C18H23F3N4O2. The molecule has 2 fully saturated rings. The fourth-order valence-electron chi connectivity index (χ4n) is 3.47. The maximum absolute atomic E-state index is 13.8. The van der Waals surface area contributed by atoms with Crippen molar-refractivity contribution in [2.75, 3.05) is 20.1 Å². The Bertz CT molecular complexity index is 727. The molecule has 0 radical (unpaired) electrons. The topological polar surface area (TPSA) is 64.7 Å². The average molecular weight is 384 g/mol. The Morgan fingerprint density at radius 2 is 1.81 bits per heavy atom. The molecule has 1 aliphatic carbocycles. The molecule has 1 heterocycles. The number of hydrogen-bond acceptors (Lipinski definition) is 2. The van der Waals surface area contributed by atoms with Gasteiger partial charge in [0.15, 0.2) is 11.6 Å². The van der Waals surface area contributed by atoms with E-state index in [0.29, 0.717) is 19.2 Å². The highest BCUT2D eigenvalue weighted by Gasteiger charge is 2.39. The summed E-state index contributed by atoms with van der Waals surface area (Å²) in [5.41, 5.74) is -0.117. The minimum Gasteiger partial charge on any atom is -0.341 e. The van der Waals surface area contributed by atoms with Crippen LogP contribution in [0.25, 0.3) is 0 Å². The van der Waals surface area contributed by atoms with Crippen LogP contribution in [0.4, 0.5) is 22.8 Å². The first-order chi connectivity index (χ1) is 12.9. The molecule has 1 saturated carbocycles. The number of hydrogen-bond donors (Lipinski definition) is 2. The largest absolute Gasteiger partial charge is 0.341 e. The molecule has 1 atom stereocenters. The van der Waals surface area contributed by atoms with Gasteiger partial charge < -0.3 is 20.4 Å². The number of rotatable bonds is 4. The van der Waals surface area contributed by atoms with Crippen LogP contribution in [0.2, 0.25) is 0 Å². The van der Waals surface area contributed by atoms with Gasteiger partial charge in [0, 0.05) is 44.4 Å². The van der Waals surface area contributed by atoms with E-state index in [0.717, 1.165) is 31.7 Å². The van der Waals surface area contributed by atoms with E-state index in [1.54, 1.807) is 16.8 Å². The normalized spacial score (nSPS) is 19.6. The molecule has 1 aromatic carbocycles. The molecule has 4 amide bonds. The standard InChI is InChI=1S/C18H23F3N4O2/c1-22-17(26)24-6-2-3-13(10-24)25(12-4-5-12)18(27)23-9-11-7-15(20)16(21)8-14(11)19/h7-8,12-13H,2-6,9-10H2,1H3,(H,22,26)(H,23,27). The Balaban J connectivity index is 1.66. The van der Waals surface area contributed by atoms with Crippen LogP contribution in [0.5, 0.6) is 0 Å². The van der Waals surface area contributed by atoms with Crippen LogP contribution in [0.3, 0.4) is 0 Å². The summed E-state index contributed by atoms with van der Waals surface area (Å²) in [5, 5.41) is 5.19. The van der Waals surface area contributed by atoms with Gasteiger partial charge >= 0.3 is 12.1 Å². The summed E-state index contributed by atoms with van der Waals surface area (Å²) in [6.45, 7) is 0.830. The van der Waals surface area contributed by atoms with Crippen LogP contribution in [-0.2, 0) is 6.54 Å². The summed E-state index contributed by atoms with van der Waals surface area (Å²) < 4.78 is 40.1. The Kier molecular flexibility index (Phi) is 5.76. The number of urea groups is 2. The number of carbonyl (C=O) groups excluding carboxylic acids is 2. The van der Waals surface area contributed by atoms with Crippen molar-refractivity contribution in [3.8, 4) is 0 Å². The van der Waals surface area contributed by atoms with E-state index in [1.165, 1.54) is 0 Å². The zero-order valence-corrected chi connectivity index (χ0v) is 15.1. The molecule has 0 spiro atoms. The maximum atomic E-state index is 13.8. The molecule has 2 N–H and O–H groups in total. The number of amides is 4. The van der Waals surface area contributed by atoms with Gasteiger partial charge in [0.2, 0.25) is 0 Å². The van der Waals surface area contributed by atoms with Gasteiger partial charge in [0.05, 0.1) is 6.04 Å². The molecule has 0 bridgehead atoms. The van der Waals surface area contributed by atoms with Crippen LogP contribution in [0, 0.1) is 17.5 Å². The van der Waals surface area contributed by atoms with Crippen molar-refractivity contribution in [2.45, 2.75) is 44.3 Å². The van der Waals surface area contributed by atoms with E-state index in [2.05, 4.69) is 10.6 Å². The first-order valence-electron chi connectivity index (χ1n) is 9.07. The van der Waals surface area contributed by atoms with Crippen molar-refractivity contribution in [3.63, 3.8) is 0 Å². The molecule has 1 aliphatic heterocycles. The number of nitrogens with one attached hydrogen (secondary N) is 2. The first kappa shape index (κ1) is 19.3. The van der Waals surface area contributed by atoms with Crippen LogP contribution in [0.15, 0.2) is 12.1 Å². The monoisotopic (exact) mass is 384 g/mol. The average Bonchev–Trinajstić information content (AvgIpc) is 3.48. The molecule has 1 saturated heterocycles. The Labute approximate surface area is 155 Å². The highest BCUT2D eigenvalue weighted by Crippen LogP contribution is 2.31. The summed E-state index contributed by atoms with van der Waals surface area (Å²) in [7, 11) is 1.56. The van der Waals surface area contributed by atoms with E-state index in [-0.39, 0.29) is 36.3 Å². The third-order valence-electron chi connectivity index (χ3n) is 4.99. The molecule has 2 aliphatic rings. The molecule has 6 nitrogen and oxygen atoms in total. The lowest BCUT2D eigenvalue weighted by molar-refractivity contribution is 0.116. The Hall–Kier alpha value is -2.45. The van der Waals surface area contributed by atoms with Gasteiger partial charge in [0.25, 0.3) is 0 Å². The number of benzene rings is 1. The summed E-state index contributed by atoms with van der Waals surface area (Å²) >= 11 is 0. The Morgan fingerprint density at radius 1 is 1.11 bits per heavy atom. The second-order valence-corrected chi connectivity index (χ2v) is 6.95. The molecule has 27 heavy (non-hydrogen) atoms. The fraction of sp³-hybridized carbons (Fsp3) is 0.556. The van der Waals surface area contributed by atoms with Gasteiger partial charge in [-0.3, -0.25) is 0 Å². The van der Waals surface area contributed by atoms with Crippen molar-refractivity contribution in [1.82, 2.24) is 20.4 Å². The zero-order chi connectivity index (χ0) is 19.6. The van der Waals surface area contributed by atoms with Gasteiger partial charge in [0.1, 0.15) is 5.82 Å². The number of piperidine rings is 1. The third kappa shape index (κ3) is 4.45. The first-order valence-corrected chi connectivity index (χ1v) is 9.07. The quantitative estimate of drug-likeness (QED) is 0.784. The zero-order valence-electron chi connectivity index (χ0n) is 15.1. The number of nitrogens with zero attached hydrogens (tertiary/aromatic N) is 2. The highest BCUT2D eigenvalue weighted by atomic mass is 19.2. The van der Waals surface area contributed by atoms with Crippen molar-refractivity contribution >= 4 is 12.1 Å². The SMILES string of the molecule is CNC(=O)N1CCCC(N(C(=O)NCc2cc(F)c(F)cc2F)C2CC2)C1. The lowest BCUT2D eigenvalue weighted by Gasteiger charge is -2.39. The van der Waals surface area contributed by atoms with Gasteiger partial charge in [-0.25, -0.2) is 22.8 Å². The summed E-state index contributed by atoms with van der Waals surface area (Å²) in [6, 6.07) is 0.621. The number of carbonyl (C=O) groups is 2. The van der Waals surface area contributed by atoms with E-state index in [9.17, 15) is 22.8 Å². The smallest absolute Gasteiger partial charge is 0.318 e.